The van der Waals surface area contributed by atoms with Crippen molar-refractivity contribution in [2.24, 2.45) is 5.92 Å². The Balaban J connectivity index is 2.42. The highest BCUT2D eigenvalue weighted by Gasteiger charge is 2.26. The Labute approximate surface area is 101 Å². The Morgan fingerprint density at radius 1 is 1.12 bits per heavy atom. The van der Waals surface area contributed by atoms with Gasteiger partial charge in [-0.3, -0.25) is 0 Å². The molecule has 0 saturated carbocycles. The third-order valence-electron chi connectivity index (χ3n) is 4.35. The van der Waals surface area contributed by atoms with Gasteiger partial charge < -0.3 is 10.0 Å². The van der Waals surface area contributed by atoms with Crippen LogP contribution < -0.4 is 0 Å². The fraction of sp³-hybridized carbons (Fsp3) is 1.00. The van der Waals surface area contributed by atoms with E-state index >= 15 is 0 Å². The first-order chi connectivity index (χ1) is 7.63. The van der Waals surface area contributed by atoms with Crippen molar-refractivity contribution in [3.63, 3.8) is 0 Å². The van der Waals surface area contributed by atoms with Crippen molar-refractivity contribution in [3.05, 3.63) is 0 Å². The van der Waals surface area contributed by atoms with Gasteiger partial charge in [-0.05, 0) is 51.1 Å². The third kappa shape index (κ3) is 4.06. The molecule has 96 valence electrons. The quantitative estimate of drug-likeness (QED) is 0.780. The van der Waals surface area contributed by atoms with Crippen molar-refractivity contribution >= 4 is 0 Å². The second kappa shape index (κ2) is 6.61. The van der Waals surface area contributed by atoms with Crippen LogP contribution in [0.2, 0.25) is 0 Å². The number of hydrogen-bond donors (Lipinski definition) is 1. The van der Waals surface area contributed by atoms with E-state index in [1.54, 1.807) is 0 Å². The van der Waals surface area contributed by atoms with E-state index in [2.05, 4.69) is 25.7 Å². The van der Waals surface area contributed by atoms with Gasteiger partial charge in [-0.2, -0.15) is 0 Å². The normalized spacial score (nSPS) is 24.4. The summed E-state index contributed by atoms with van der Waals surface area (Å²) in [6.45, 7) is 9.72. The SMILES string of the molecule is CCC1CCCN(CC(O)(CC)CC)CC1. The molecule has 1 fully saturated rings. The van der Waals surface area contributed by atoms with Crippen LogP contribution >= 0.6 is 0 Å². The molecule has 0 radical (unpaired) electrons. The smallest absolute Gasteiger partial charge is 0.0768 e. The Hall–Kier alpha value is -0.0800. The Bertz CT molecular complexity index is 189. The second-order valence-corrected chi connectivity index (χ2v) is 5.41. The van der Waals surface area contributed by atoms with Crippen molar-refractivity contribution in [3.8, 4) is 0 Å². The average molecular weight is 227 g/mol. The van der Waals surface area contributed by atoms with E-state index in [-0.39, 0.29) is 0 Å². The van der Waals surface area contributed by atoms with Crippen LogP contribution in [-0.4, -0.2) is 35.2 Å². The lowest BCUT2D eigenvalue weighted by Crippen LogP contribution is -2.42. The molecular formula is C14H29NO. The lowest BCUT2D eigenvalue weighted by molar-refractivity contribution is -0.00275. The molecule has 2 nitrogen and oxygen atoms in total. The highest BCUT2D eigenvalue weighted by Crippen LogP contribution is 2.23. The molecule has 1 aliphatic rings. The van der Waals surface area contributed by atoms with E-state index in [4.69, 9.17) is 0 Å². The lowest BCUT2D eigenvalue weighted by Gasteiger charge is -2.32. The Morgan fingerprint density at radius 2 is 1.81 bits per heavy atom. The van der Waals surface area contributed by atoms with Crippen LogP contribution in [0.3, 0.4) is 0 Å². The summed E-state index contributed by atoms with van der Waals surface area (Å²) in [7, 11) is 0. The predicted octanol–water partition coefficient (Wildman–Crippen LogP) is 3.05. The summed E-state index contributed by atoms with van der Waals surface area (Å²) < 4.78 is 0. The molecular weight excluding hydrogens is 198 g/mol. The van der Waals surface area contributed by atoms with Gasteiger partial charge in [0.05, 0.1) is 5.60 Å². The van der Waals surface area contributed by atoms with Gasteiger partial charge in [0.15, 0.2) is 0 Å². The molecule has 16 heavy (non-hydrogen) atoms. The topological polar surface area (TPSA) is 23.5 Å². The first kappa shape index (κ1) is 14.0. The Kier molecular flexibility index (Phi) is 5.77. The molecule has 0 aromatic carbocycles. The van der Waals surface area contributed by atoms with E-state index in [0.29, 0.717) is 0 Å². The zero-order chi connectivity index (χ0) is 12.0. The molecule has 0 aliphatic carbocycles. The summed E-state index contributed by atoms with van der Waals surface area (Å²) in [5.74, 6) is 0.918. The summed E-state index contributed by atoms with van der Waals surface area (Å²) in [4.78, 5) is 2.47. The number of nitrogens with zero attached hydrogens (tertiary/aromatic N) is 1. The van der Waals surface area contributed by atoms with Crippen molar-refractivity contribution in [1.29, 1.82) is 0 Å². The fourth-order valence-electron chi connectivity index (χ4n) is 2.68. The molecule has 0 aromatic rings. The highest BCUT2D eigenvalue weighted by atomic mass is 16.3. The number of β-amino-alcohol motifs (C(OH)–C–C–N with tert-alkyl or cyclic N) is 1. The van der Waals surface area contributed by atoms with Crippen LogP contribution in [0.1, 0.15) is 59.3 Å². The van der Waals surface area contributed by atoms with Gasteiger partial charge in [0.25, 0.3) is 0 Å². The maximum Gasteiger partial charge on any atom is 0.0768 e. The molecule has 1 saturated heterocycles. The summed E-state index contributed by atoms with van der Waals surface area (Å²) in [5.41, 5.74) is -0.452. The minimum absolute atomic E-state index is 0.452. The third-order valence-corrected chi connectivity index (χ3v) is 4.35. The average Bonchev–Trinajstić information content (AvgIpc) is 2.54. The molecule has 1 rings (SSSR count). The number of aliphatic hydroxyl groups is 1. The van der Waals surface area contributed by atoms with Crippen LogP contribution in [0, 0.1) is 5.92 Å². The number of rotatable bonds is 5. The molecule has 1 heterocycles. The van der Waals surface area contributed by atoms with Crippen LogP contribution in [-0.2, 0) is 0 Å². The number of hydrogen-bond acceptors (Lipinski definition) is 2. The van der Waals surface area contributed by atoms with Gasteiger partial charge in [-0.25, -0.2) is 0 Å². The molecule has 1 N–H and O–H groups in total. The highest BCUT2D eigenvalue weighted by molar-refractivity contribution is 4.81. The predicted molar refractivity (Wildman–Crippen MR) is 69.6 cm³/mol. The Morgan fingerprint density at radius 3 is 2.38 bits per heavy atom. The maximum atomic E-state index is 10.4. The van der Waals surface area contributed by atoms with Gasteiger partial charge >= 0.3 is 0 Å². The molecule has 1 atom stereocenters. The molecule has 0 spiro atoms. The first-order valence-electron chi connectivity index (χ1n) is 7.08. The molecule has 0 bridgehead atoms. The van der Waals surface area contributed by atoms with Crippen LogP contribution in [0.25, 0.3) is 0 Å². The van der Waals surface area contributed by atoms with E-state index in [9.17, 15) is 5.11 Å². The molecule has 0 amide bonds. The van der Waals surface area contributed by atoms with E-state index in [0.717, 1.165) is 25.3 Å². The molecule has 1 aliphatic heterocycles. The van der Waals surface area contributed by atoms with Crippen molar-refractivity contribution < 1.29 is 5.11 Å². The van der Waals surface area contributed by atoms with E-state index < -0.39 is 5.60 Å². The minimum atomic E-state index is -0.452. The monoisotopic (exact) mass is 227 g/mol. The summed E-state index contributed by atoms with van der Waals surface area (Å²) in [6, 6.07) is 0. The van der Waals surface area contributed by atoms with Crippen LogP contribution in [0.5, 0.6) is 0 Å². The van der Waals surface area contributed by atoms with E-state index in [1.165, 1.54) is 38.8 Å². The zero-order valence-electron chi connectivity index (χ0n) is 11.3. The largest absolute Gasteiger partial charge is 0.389 e. The standard InChI is InChI=1S/C14H29NO/c1-4-13-8-7-10-15(11-9-13)12-14(16,5-2)6-3/h13,16H,4-12H2,1-3H3. The first-order valence-corrected chi connectivity index (χ1v) is 7.08. The van der Waals surface area contributed by atoms with Gasteiger partial charge in [-0.15, -0.1) is 0 Å². The molecule has 0 aromatic heterocycles. The fourth-order valence-corrected chi connectivity index (χ4v) is 2.68. The van der Waals surface area contributed by atoms with Crippen LogP contribution in [0.15, 0.2) is 0 Å². The summed E-state index contributed by atoms with van der Waals surface area (Å²) >= 11 is 0. The van der Waals surface area contributed by atoms with Crippen molar-refractivity contribution in [2.45, 2.75) is 64.9 Å². The number of likely N-dealkylation sites (tertiary alicyclic amines) is 1. The molecule has 1 unspecified atom stereocenters. The van der Waals surface area contributed by atoms with Crippen molar-refractivity contribution in [1.82, 2.24) is 4.90 Å². The van der Waals surface area contributed by atoms with Gasteiger partial charge in [0.1, 0.15) is 0 Å². The summed E-state index contributed by atoms with van der Waals surface area (Å²) in [5, 5.41) is 10.4. The van der Waals surface area contributed by atoms with Gasteiger partial charge in [0, 0.05) is 6.54 Å². The molecule has 2 heteroatoms. The van der Waals surface area contributed by atoms with Gasteiger partial charge in [-0.1, -0.05) is 27.2 Å². The van der Waals surface area contributed by atoms with Gasteiger partial charge in [0.2, 0.25) is 0 Å². The summed E-state index contributed by atoms with van der Waals surface area (Å²) in [6.07, 6.45) is 7.07. The minimum Gasteiger partial charge on any atom is -0.389 e. The second-order valence-electron chi connectivity index (χ2n) is 5.41. The zero-order valence-corrected chi connectivity index (χ0v) is 11.3. The lowest BCUT2D eigenvalue weighted by atomic mass is 9.96. The maximum absolute atomic E-state index is 10.4. The van der Waals surface area contributed by atoms with Crippen molar-refractivity contribution in [2.75, 3.05) is 19.6 Å². The van der Waals surface area contributed by atoms with E-state index in [1.807, 2.05) is 0 Å². The van der Waals surface area contributed by atoms with Crippen LogP contribution in [0.4, 0.5) is 0 Å².